The molecule has 3 heterocycles. The van der Waals surface area contributed by atoms with Crippen LogP contribution in [0.4, 0.5) is 5.69 Å². The molecule has 2 aromatic carbocycles. The SMILES string of the molecule is O=C1NC(=O)C2C1c1c([nH]c3ccccc13)C1Nc3ccccc3C12. The number of benzene rings is 2. The Morgan fingerprint density at radius 1 is 0.840 bits per heavy atom. The van der Waals surface area contributed by atoms with Crippen molar-refractivity contribution in [3.63, 3.8) is 0 Å². The van der Waals surface area contributed by atoms with E-state index in [1.165, 1.54) is 0 Å². The molecule has 2 aliphatic heterocycles. The number of carbonyl (C=O) groups excluding carboxylic acids is 2. The van der Waals surface area contributed by atoms with Gasteiger partial charge in [0.05, 0.1) is 17.9 Å². The molecule has 3 aromatic rings. The number of H-pyrrole nitrogens is 1. The molecule has 3 aliphatic rings. The summed E-state index contributed by atoms with van der Waals surface area (Å²) >= 11 is 0. The van der Waals surface area contributed by atoms with Gasteiger partial charge in [0.25, 0.3) is 0 Å². The third-order valence-corrected chi connectivity index (χ3v) is 5.97. The Morgan fingerprint density at radius 2 is 1.64 bits per heavy atom. The van der Waals surface area contributed by atoms with Crippen LogP contribution in [0, 0.1) is 5.92 Å². The van der Waals surface area contributed by atoms with Crippen LogP contribution in [-0.4, -0.2) is 16.8 Å². The van der Waals surface area contributed by atoms with E-state index < -0.39 is 5.92 Å². The number of imide groups is 1. The molecule has 122 valence electrons. The predicted octanol–water partition coefficient (Wildman–Crippen LogP) is 2.79. The van der Waals surface area contributed by atoms with Crippen molar-refractivity contribution in [1.29, 1.82) is 0 Å². The van der Waals surface area contributed by atoms with Gasteiger partial charge in [-0.15, -0.1) is 0 Å². The van der Waals surface area contributed by atoms with Gasteiger partial charge in [-0.05, 0) is 23.3 Å². The minimum Gasteiger partial charge on any atom is -0.376 e. The summed E-state index contributed by atoms with van der Waals surface area (Å²) in [6.45, 7) is 0. The van der Waals surface area contributed by atoms with Gasteiger partial charge in [-0.1, -0.05) is 36.4 Å². The summed E-state index contributed by atoms with van der Waals surface area (Å²) in [6.07, 6.45) is 0. The molecule has 0 saturated carbocycles. The van der Waals surface area contributed by atoms with E-state index in [4.69, 9.17) is 0 Å². The van der Waals surface area contributed by atoms with Gasteiger partial charge in [-0.2, -0.15) is 0 Å². The van der Waals surface area contributed by atoms with Crippen LogP contribution in [0.15, 0.2) is 48.5 Å². The lowest BCUT2D eigenvalue weighted by Crippen LogP contribution is -2.33. The van der Waals surface area contributed by atoms with Crippen molar-refractivity contribution >= 4 is 28.4 Å². The molecule has 1 aromatic heterocycles. The predicted molar refractivity (Wildman–Crippen MR) is 93.2 cm³/mol. The van der Waals surface area contributed by atoms with E-state index in [1.54, 1.807) is 0 Å². The first-order chi connectivity index (χ1) is 12.2. The summed E-state index contributed by atoms with van der Waals surface area (Å²) < 4.78 is 0. The zero-order chi connectivity index (χ0) is 16.7. The maximum Gasteiger partial charge on any atom is 0.235 e. The van der Waals surface area contributed by atoms with Gasteiger partial charge in [-0.3, -0.25) is 14.9 Å². The molecule has 2 amide bonds. The minimum absolute atomic E-state index is 0.0160. The molecule has 0 bridgehead atoms. The summed E-state index contributed by atoms with van der Waals surface area (Å²) in [5, 5.41) is 7.19. The summed E-state index contributed by atoms with van der Waals surface area (Å²) in [4.78, 5) is 28.8. The Balaban J connectivity index is 1.69. The molecule has 4 atom stereocenters. The number of anilines is 1. The molecule has 5 nitrogen and oxygen atoms in total. The van der Waals surface area contributed by atoms with E-state index in [2.05, 4.69) is 21.7 Å². The second kappa shape index (κ2) is 4.30. The van der Waals surface area contributed by atoms with Gasteiger partial charge in [-0.25, -0.2) is 0 Å². The highest BCUT2D eigenvalue weighted by Crippen LogP contribution is 2.58. The van der Waals surface area contributed by atoms with Crippen LogP contribution in [0.1, 0.15) is 34.7 Å². The zero-order valence-electron chi connectivity index (χ0n) is 13.2. The topological polar surface area (TPSA) is 74.0 Å². The highest BCUT2D eigenvalue weighted by molar-refractivity contribution is 6.11. The number of fused-ring (bicyclic) bond motifs is 10. The van der Waals surface area contributed by atoms with E-state index in [0.717, 1.165) is 33.4 Å². The number of hydrogen-bond donors (Lipinski definition) is 3. The third-order valence-electron chi connectivity index (χ3n) is 5.97. The van der Waals surface area contributed by atoms with Crippen LogP contribution in [0.5, 0.6) is 0 Å². The van der Waals surface area contributed by atoms with Crippen molar-refractivity contribution in [1.82, 2.24) is 10.3 Å². The summed E-state index contributed by atoms with van der Waals surface area (Å²) in [5.74, 6) is -1.15. The maximum absolute atomic E-state index is 12.7. The van der Waals surface area contributed by atoms with E-state index >= 15 is 0 Å². The summed E-state index contributed by atoms with van der Waals surface area (Å²) in [7, 11) is 0. The average molecular weight is 329 g/mol. The Kier molecular flexibility index (Phi) is 2.28. The van der Waals surface area contributed by atoms with E-state index in [-0.39, 0.29) is 29.7 Å². The lowest BCUT2D eigenvalue weighted by molar-refractivity contribution is -0.126. The molecule has 4 unspecified atom stereocenters. The van der Waals surface area contributed by atoms with Crippen molar-refractivity contribution in [2.45, 2.75) is 17.9 Å². The van der Waals surface area contributed by atoms with Crippen LogP contribution < -0.4 is 10.6 Å². The molecule has 1 aliphatic carbocycles. The average Bonchev–Trinajstić information content (AvgIpc) is 3.26. The fraction of sp³-hybridized carbons (Fsp3) is 0.200. The number of amides is 2. The third kappa shape index (κ3) is 1.49. The van der Waals surface area contributed by atoms with Gasteiger partial charge in [0, 0.05) is 28.2 Å². The molecule has 0 radical (unpaired) electrons. The first-order valence-corrected chi connectivity index (χ1v) is 8.54. The molecule has 1 fully saturated rings. The second-order valence-electron chi connectivity index (χ2n) is 7.09. The number of nitrogens with one attached hydrogen (secondary N) is 3. The number of aromatic amines is 1. The smallest absolute Gasteiger partial charge is 0.235 e. The normalized spacial score (nSPS) is 28.8. The fourth-order valence-corrected chi connectivity index (χ4v) is 5.05. The quantitative estimate of drug-likeness (QED) is 0.555. The van der Waals surface area contributed by atoms with Crippen LogP contribution in [0.3, 0.4) is 0 Å². The van der Waals surface area contributed by atoms with Crippen molar-refractivity contribution in [2.75, 3.05) is 5.32 Å². The molecular formula is C20H15N3O2. The van der Waals surface area contributed by atoms with Gasteiger partial charge >= 0.3 is 0 Å². The number of hydrogen-bond acceptors (Lipinski definition) is 3. The molecule has 3 N–H and O–H groups in total. The van der Waals surface area contributed by atoms with Crippen LogP contribution >= 0.6 is 0 Å². The van der Waals surface area contributed by atoms with Gasteiger partial charge in [0.2, 0.25) is 11.8 Å². The Labute approximate surface area is 143 Å². The van der Waals surface area contributed by atoms with Gasteiger partial charge < -0.3 is 10.3 Å². The number of para-hydroxylation sites is 2. The first kappa shape index (κ1) is 13.2. The lowest BCUT2D eigenvalue weighted by atomic mass is 9.68. The zero-order valence-corrected chi connectivity index (χ0v) is 13.2. The molecule has 5 heteroatoms. The van der Waals surface area contributed by atoms with Crippen LogP contribution in [0.2, 0.25) is 0 Å². The van der Waals surface area contributed by atoms with Gasteiger partial charge in [0.1, 0.15) is 0 Å². The number of aromatic nitrogens is 1. The monoisotopic (exact) mass is 329 g/mol. The van der Waals surface area contributed by atoms with Gasteiger partial charge in [0.15, 0.2) is 0 Å². The van der Waals surface area contributed by atoms with Crippen molar-refractivity contribution in [3.8, 4) is 0 Å². The Bertz CT molecular complexity index is 1080. The first-order valence-electron chi connectivity index (χ1n) is 8.54. The Hall–Kier alpha value is -3.08. The second-order valence-corrected chi connectivity index (χ2v) is 7.09. The molecule has 6 rings (SSSR count). The van der Waals surface area contributed by atoms with E-state index in [1.807, 2.05) is 42.5 Å². The largest absolute Gasteiger partial charge is 0.376 e. The van der Waals surface area contributed by atoms with Crippen LogP contribution in [-0.2, 0) is 9.59 Å². The fourth-order valence-electron chi connectivity index (χ4n) is 5.05. The van der Waals surface area contributed by atoms with E-state index in [9.17, 15) is 9.59 Å². The summed E-state index contributed by atoms with van der Waals surface area (Å²) in [5.41, 5.74) is 5.20. The van der Waals surface area contributed by atoms with Crippen molar-refractivity contribution < 1.29 is 9.59 Å². The van der Waals surface area contributed by atoms with Crippen molar-refractivity contribution in [2.24, 2.45) is 5.92 Å². The molecule has 1 saturated heterocycles. The molecule has 25 heavy (non-hydrogen) atoms. The lowest BCUT2D eigenvalue weighted by Gasteiger charge is -2.33. The maximum atomic E-state index is 12.7. The highest BCUT2D eigenvalue weighted by Gasteiger charge is 2.57. The van der Waals surface area contributed by atoms with Crippen LogP contribution in [0.25, 0.3) is 10.9 Å². The summed E-state index contributed by atoms with van der Waals surface area (Å²) in [6, 6.07) is 16.1. The number of carbonyl (C=O) groups is 2. The molecule has 0 spiro atoms. The highest BCUT2D eigenvalue weighted by atomic mass is 16.2. The molecular weight excluding hydrogens is 314 g/mol. The minimum atomic E-state index is -0.423. The Morgan fingerprint density at radius 3 is 2.56 bits per heavy atom. The van der Waals surface area contributed by atoms with E-state index in [0.29, 0.717) is 0 Å². The standard InChI is InChI=1S/C20H15N3O2/c24-19-15-13-9-5-1-3-7-11(9)21-17(13)18-14(16(15)20(25)23-19)10-6-2-4-8-12(10)22-18/h1-8,13,15-17,21-22H,(H,23,24,25). The number of rotatable bonds is 0. The van der Waals surface area contributed by atoms with Crippen molar-refractivity contribution in [3.05, 3.63) is 65.4 Å².